The van der Waals surface area contributed by atoms with E-state index in [1.54, 1.807) is 24.3 Å². The number of aryl methyl sites for hydroxylation is 1. The van der Waals surface area contributed by atoms with Gasteiger partial charge in [0.15, 0.2) is 0 Å². The Hall–Kier alpha value is -1.80. The molecule has 3 heteroatoms. The monoisotopic (exact) mass is 301 g/mol. The molecule has 2 nitrogen and oxygen atoms in total. The highest BCUT2D eigenvalue weighted by Gasteiger charge is 2.05. The van der Waals surface area contributed by atoms with Crippen LogP contribution in [0.3, 0.4) is 0 Å². The summed E-state index contributed by atoms with van der Waals surface area (Å²) in [7, 11) is 0. The standard InChI is InChI=1S/C18H20ClNO/c1-2-3-4-5-14-6-12-17(13-7-14)20-18(21)15-8-10-16(19)11-9-15/h6-13H,2-5H2,1H3,(H,20,21). The molecule has 0 aliphatic heterocycles. The number of carbonyl (C=O) groups excluding carboxylic acids is 1. The van der Waals surface area contributed by atoms with Gasteiger partial charge in [-0.1, -0.05) is 43.5 Å². The Morgan fingerprint density at radius 1 is 1.00 bits per heavy atom. The molecule has 0 radical (unpaired) electrons. The lowest BCUT2D eigenvalue weighted by molar-refractivity contribution is 0.102. The minimum Gasteiger partial charge on any atom is -0.322 e. The van der Waals surface area contributed by atoms with Crippen LogP contribution in [-0.2, 0) is 6.42 Å². The molecule has 0 aliphatic rings. The fraction of sp³-hybridized carbons (Fsp3) is 0.278. The number of benzene rings is 2. The van der Waals surface area contributed by atoms with Gasteiger partial charge >= 0.3 is 0 Å². The van der Waals surface area contributed by atoms with Gasteiger partial charge in [0.1, 0.15) is 0 Å². The van der Waals surface area contributed by atoms with Crippen LogP contribution in [0.15, 0.2) is 48.5 Å². The first-order valence-corrected chi connectivity index (χ1v) is 7.72. The van der Waals surface area contributed by atoms with Gasteiger partial charge in [0.25, 0.3) is 5.91 Å². The number of anilines is 1. The molecule has 2 aromatic rings. The molecule has 0 atom stereocenters. The maximum Gasteiger partial charge on any atom is 0.255 e. The normalized spacial score (nSPS) is 10.4. The predicted octanol–water partition coefficient (Wildman–Crippen LogP) is 5.33. The second kappa shape index (κ2) is 7.84. The van der Waals surface area contributed by atoms with E-state index in [4.69, 9.17) is 11.6 Å². The second-order valence-electron chi connectivity index (χ2n) is 5.12. The van der Waals surface area contributed by atoms with Crippen molar-refractivity contribution in [1.82, 2.24) is 0 Å². The van der Waals surface area contributed by atoms with Crippen molar-refractivity contribution in [3.05, 3.63) is 64.7 Å². The molecule has 0 spiro atoms. The summed E-state index contributed by atoms with van der Waals surface area (Å²) in [6.45, 7) is 2.20. The predicted molar refractivity (Wildman–Crippen MR) is 89.1 cm³/mol. The van der Waals surface area contributed by atoms with E-state index < -0.39 is 0 Å². The highest BCUT2D eigenvalue weighted by atomic mass is 35.5. The summed E-state index contributed by atoms with van der Waals surface area (Å²) in [6, 6.07) is 14.9. The fourth-order valence-electron chi connectivity index (χ4n) is 2.14. The van der Waals surface area contributed by atoms with Crippen LogP contribution in [0.5, 0.6) is 0 Å². The second-order valence-corrected chi connectivity index (χ2v) is 5.55. The smallest absolute Gasteiger partial charge is 0.255 e. The maximum absolute atomic E-state index is 12.1. The van der Waals surface area contributed by atoms with Gasteiger partial charge in [-0.3, -0.25) is 4.79 Å². The number of carbonyl (C=O) groups is 1. The molecule has 0 unspecified atom stereocenters. The van der Waals surface area contributed by atoms with E-state index in [9.17, 15) is 4.79 Å². The number of rotatable bonds is 6. The molecule has 1 N–H and O–H groups in total. The van der Waals surface area contributed by atoms with Gasteiger partial charge in [0.05, 0.1) is 0 Å². The van der Waals surface area contributed by atoms with Gasteiger partial charge in [-0.15, -0.1) is 0 Å². The van der Waals surface area contributed by atoms with Gasteiger partial charge in [-0.25, -0.2) is 0 Å². The van der Waals surface area contributed by atoms with E-state index in [1.165, 1.54) is 24.8 Å². The molecule has 0 bridgehead atoms. The Morgan fingerprint density at radius 2 is 1.67 bits per heavy atom. The molecule has 0 aromatic heterocycles. The molecule has 2 rings (SSSR count). The number of nitrogens with one attached hydrogen (secondary N) is 1. The summed E-state index contributed by atoms with van der Waals surface area (Å²) in [5.41, 5.74) is 2.73. The van der Waals surface area contributed by atoms with Crippen molar-refractivity contribution in [3.8, 4) is 0 Å². The van der Waals surface area contributed by atoms with E-state index in [0.29, 0.717) is 10.6 Å². The molecule has 110 valence electrons. The molecule has 2 aromatic carbocycles. The topological polar surface area (TPSA) is 29.1 Å². The van der Waals surface area contributed by atoms with Gasteiger partial charge in [0, 0.05) is 16.3 Å². The van der Waals surface area contributed by atoms with Crippen molar-refractivity contribution in [2.24, 2.45) is 0 Å². The van der Waals surface area contributed by atoms with Crippen LogP contribution in [0.1, 0.15) is 42.1 Å². The quantitative estimate of drug-likeness (QED) is 0.718. The highest BCUT2D eigenvalue weighted by molar-refractivity contribution is 6.30. The summed E-state index contributed by atoms with van der Waals surface area (Å²) in [5, 5.41) is 3.52. The lowest BCUT2D eigenvalue weighted by Crippen LogP contribution is -2.11. The maximum atomic E-state index is 12.1. The van der Waals surface area contributed by atoms with E-state index in [1.807, 2.05) is 12.1 Å². The molecule has 21 heavy (non-hydrogen) atoms. The fourth-order valence-corrected chi connectivity index (χ4v) is 2.26. The first-order valence-electron chi connectivity index (χ1n) is 7.35. The minimum atomic E-state index is -0.120. The molecular formula is C18H20ClNO. The number of amides is 1. The molecule has 0 heterocycles. The van der Waals surface area contributed by atoms with Crippen molar-refractivity contribution >= 4 is 23.2 Å². The molecular weight excluding hydrogens is 282 g/mol. The Morgan fingerprint density at radius 3 is 2.29 bits per heavy atom. The zero-order chi connectivity index (χ0) is 15.1. The molecule has 1 amide bonds. The van der Waals surface area contributed by atoms with Crippen LogP contribution in [0.25, 0.3) is 0 Å². The van der Waals surface area contributed by atoms with Crippen molar-refractivity contribution < 1.29 is 4.79 Å². The summed E-state index contributed by atoms with van der Waals surface area (Å²) < 4.78 is 0. The zero-order valence-electron chi connectivity index (χ0n) is 12.2. The summed E-state index contributed by atoms with van der Waals surface area (Å²) >= 11 is 5.81. The number of unbranched alkanes of at least 4 members (excludes halogenated alkanes) is 2. The minimum absolute atomic E-state index is 0.120. The third kappa shape index (κ3) is 4.91. The van der Waals surface area contributed by atoms with Gasteiger partial charge in [-0.2, -0.15) is 0 Å². The largest absolute Gasteiger partial charge is 0.322 e. The van der Waals surface area contributed by atoms with Crippen molar-refractivity contribution in [3.63, 3.8) is 0 Å². The first kappa shape index (κ1) is 15.6. The van der Waals surface area contributed by atoms with E-state index in [0.717, 1.165) is 12.1 Å². The lowest BCUT2D eigenvalue weighted by atomic mass is 10.1. The number of hydrogen-bond acceptors (Lipinski definition) is 1. The lowest BCUT2D eigenvalue weighted by Gasteiger charge is -2.07. The van der Waals surface area contributed by atoms with Gasteiger partial charge in [-0.05, 0) is 54.8 Å². The van der Waals surface area contributed by atoms with Crippen molar-refractivity contribution in [2.45, 2.75) is 32.6 Å². The summed E-state index contributed by atoms with van der Waals surface area (Å²) in [5.74, 6) is -0.120. The van der Waals surface area contributed by atoms with E-state index in [2.05, 4.69) is 24.4 Å². The highest BCUT2D eigenvalue weighted by Crippen LogP contribution is 2.15. The Balaban J connectivity index is 1.93. The Labute approximate surface area is 131 Å². The van der Waals surface area contributed by atoms with Gasteiger partial charge in [0.2, 0.25) is 0 Å². The first-order chi connectivity index (χ1) is 10.2. The number of halogens is 1. The van der Waals surface area contributed by atoms with Gasteiger partial charge < -0.3 is 5.32 Å². The van der Waals surface area contributed by atoms with Crippen LogP contribution in [0.2, 0.25) is 5.02 Å². The van der Waals surface area contributed by atoms with Crippen LogP contribution < -0.4 is 5.32 Å². The Kier molecular flexibility index (Phi) is 5.82. The average Bonchev–Trinajstić information content (AvgIpc) is 2.50. The average molecular weight is 302 g/mol. The molecule has 0 fully saturated rings. The van der Waals surface area contributed by atoms with Crippen LogP contribution in [0, 0.1) is 0 Å². The molecule has 0 saturated carbocycles. The molecule has 0 saturated heterocycles. The third-order valence-electron chi connectivity index (χ3n) is 3.39. The summed E-state index contributed by atoms with van der Waals surface area (Å²) in [6.07, 6.45) is 4.80. The SMILES string of the molecule is CCCCCc1ccc(NC(=O)c2ccc(Cl)cc2)cc1. The third-order valence-corrected chi connectivity index (χ3v) is 3.64. The number of hydrogen-bond donors (Lipinski definition) is 1. The van der Waals surface area contributed by atoms with Crippen molar-refractivity contribution in [1.29, 1.82) is 0 Å². The van der Waals surface area contributed by atoms with Crippen LogP contribution in [0.4, 0.5) is 5.69 Å². The van der Waals surface area contributed by atoms with Crippen LogP contribution in [-0.4, -0.2) is 5.91 Å². The summed E-state index contributed by atoms with van der Waals surface area (Å²) in [4.78, 5) is 12.1. The van der Waals surface area contributed by atoms with Crippen LogP contribution >= 0.6 is 11.6 Å². The van der Waals surface area contributed by atoms with E-state index >= 15 is 0 Å². The molecule has 0 aliphatic carbocycles. The van der Waals surface area contributed by atoms with Crippen molar-refractivity contribution in [2.75, 3.05) is 5.32 Å². The Bertz CT molecular complexity index is 575. The van der Waals surface area contributed by atoms with E-state index in [-0.39, 0.29) is 5.91 Å². The zero-order valence-corrected chi connectivity index (χ0v) is 13.0.